The maximum atomic E-state index is 14.4. The fourth-order valence-electron chi connectivity index (χ4n) is 4.94. The maximum absolute atomic E-state index is 14.4. The van der Waals surface area contributed by atoms with Crippen molar-refractivity contribution in [2.75, 3.05) is 17.9 Å². The van der Waals surface area contributed by atoms with Crippen LogP contribution < -0.4 is 9.62 Å². The van der Waals surface area contributed by atoms with E-state index in [4.69, 9.17) is 11.6 Å². The predicted octanol–water partition coefficient (Wildman–Crippen LogP) is 6.56. The summed E-state index contributed by atoms with van der Waals surface area (Å²) in [4.78, 5) is 28.8. The second-order valence-corrected chi connectivity index (χ2v) is 13.0. The number of hydrogen-bond donors (Lipinski definition) is 1. The van der Waals surface area contributed by atoms with E-state index in [1.807, 2.05) is 25.1 Å². The van der Waals surface area contributed by atoms with Gasteiger partial charge in [0.25, 0.3) is 10.0 Å². The average Bonchev–Trinajstić information content (AvgIpc) is 3.02. The van der Waals surface area contributed by atoms with Crippen LogP contribution >= 0.6 is 11.6 Å². The quantitative estimate of drug-likeness (QED) is 0.196. The number of nitrogens with one attached hydrogen (secondary N) is 1. The number of halogens is 4. The van der Waals surface area contributed by atoms with E-state index in [2.05, 4.69) is 5.32 Å². The zero-order valence-electron chi connectivity index (χ0n) is 25.4. The molecule has 4 aromatic rings. The number of aryl methyl sites for hydroxylation is 2. The van der Waals surface area contributed by atoms with Crippen molar-refractivity contribution in [3.05, 3.63) is 130 Å². The Labute approximate surface area is 271 Å². The molecule has 12 heteroatoms. The van der Waals surface area contributed by atoms with E-state index in [1.54, 1.807) is 55.5 Å². The van der Waals surface area contributed by atoms with Crippen molar-refractivity contribution in [2.45, 2.75) is 43.9 Å². The largest absolute Gasteiger partial charge is 0.417 e. The number of rotatable bonds is 11. The number of nitrogens with zero attached hydrogens (tertiary/aromatic N) is 2. The molecule has 0 heterocycles. The lowest BCUT2D eigenvalue weighted by molar-refractivity contribution is -0.139. The van der Waals surface area contributed by atoms with Gasteiger partial charge in [-0.2, -0.15) is 13.2 Å². The first-order valence-corrected chi connectivity index (χ1v) is 16.1. The van der Waals surface area contributed by atoms with E-state index in [-0.39, 0.29) is 17.9 Å². The van der Waals surface area contributed by atoms with Crippen LogP contribution in [0.1, 0.15) is 27.8 Å². The lowest BCUT2D eigenvalue weighted by Gasteiger charge is -2.34. The lowest BCUT2D eigenvalue weighted by Crippen LogP contribution is -2.53. The van der Waals surface area contributed by atoms with Gasteiger partial charge in [-0.05, 0) is 60.9 Å². The molecule has 0 saturated carbocycles. The summed E-state index contributed by atoms with van der Waals surface area (Å²) in [6.45, 7) is 2.62. The molecule has 0 unspecified atom stereocenters. The molecule has 0 spiro atoms. The highest BCUT2D eigenvalue weighted by molar-refractivity contribution is 7.92. The van der Waals surface area contributed by atoms with Gasteiger partial charge in [0.2, 0.25) is 11.8 Å². The molecular weight excluding hydrogens is 639 g/mol. The third-order valence-corrected chi connectivity index (χ3v) is 9.67. The number of amides is 2. The Balaban J connectivity index is 1.86. The molecule has 4 aromatic carbocycles. The minimum Gasteiger partial charge on any atom is -0.357 e. The molecule has 0 bridgehead atoms. The van der Waals surface area contributed by atoms with E-state index in [0.29, 0.717) is 15.9 Å². The molecule has 242 valence electrons. The Morgan fingerprint density at radius 3 is 2.13 bits per heavy atom. The predicted molar refractivity (Wildman–Crippen MR) is 172 cm³/mol. The molecule has 0 aliphatic rings. The summed E-state index contributed by atoms with van der Waals surface area (Å²) >= 11 is 5.86. The number of hydrogen-bond acceptors (Lipinski definition) is 4. The fraction of sp³-hybridized carbons (Fsp3) is 0.235. The normalized spacial score (nSPS) is 12.3. The lowest BCUT2D eigenvalue weighted by atomic mass is 10.0. The van der Waals surface area contributed by atoms with Gasteiger partial charge >= 0.3 is 6.18 Å². The number of carbonyl (C=O) groups excluding carboxylic acids is 2. The van der Waals surface area contributed by atoms with Crippen LogP contribution in [0.2, 0.25) is 5.02 Å². The highest BCUT2D eigenvalue weighted by Crippen LogP contribution is 2.38. The number of benzene rings is 4. The minimum atomic E-state index is -4.90. The second kappa shape index (κ2) is 14.4. The van der Waals surface area contributed by atoms with Gasteiger partial charge in [-0.25, -0.2) is 8.42 Å². The van der Waals surface area contributed by atoms with Crippen LogP contribution in [0.25, 0.3) is 0 Å². The molecule has 0 radical (unpaired) electrons. The van der Waals surface area contributed by atoms with E-state index in [9.17, 15) is 31.2 Å². The van der Waals surface area contributed by atoms with E-state index in [0.717, 1.165) is 28.8 Å². The summed E-state index contributed by atoms with van der Waals surface area (Å²) in [5.74, 6) is -1.29. The van der Waals surface area contributed by atoms with Crippen molar-refractivity contribution in [3.8, 4) is 0 Å². The van der Waals surface area contributed by atoms with Gasteiger partial charge in [0.15, 0.2) is 0 Å². The van der Waals surface area contributed by atoms with Crippen LogP contribution in [-0.2, 0) is 38.8 Å². The van der Waals surface area contributed by atoms with Crippen LogP contribution in [0.4, 0.5) is 18.9 Å². The first-order chi connectivity index (χ1) is 21.7. The average molecular weight is 672 g/mol. The Hall–Kier alpha value is -4.35. The molecule has 46 heavy (non-hydrogen) atoms. The van der Waals surface area contributed by atoms with Crippen LogP contribution in [0.5, 0.6) is 0 Å². The monoisotopic (exact) mass is 671 g/mol. The Morgan fingerprint density at radius 1 is 0.891 bits per heavy atom. The van der Waals surface area contributed by atoms with E-state index in [1.165, 1.54) is 24.1 Å². The Bertz CT molecular complexity index is 1800. The molecule has 0 fully saturated rings. The first-order valence-electron chi connectivity index (χ1n) is 14.3. The van der Waals surface area contributed by atoms with Gasteiger partial charge in [0.05, 0.1) is 21.2 Å². The third kappa shape index (κ3) is 8.07. The van der Waals surface area contributed by atoms with E-state index < -0.39 is 56.9 Å². The zero-order chi connectivity index (χ0) is 33.6. The summed E-state index contributed by atoms with van der Waals surface area (Å²) in [5, 5.41) is 1.97. The Kier molecular flexibility index (Phi) is 10.8. The number of sulfonamides is 1. The zero-order valence-corrected chi connectivity index (χ0v) is 27.0. The minimum absolute atomic E-state index is 0.0662. The SMILES string of the molecule is CNC(=O)[C@@H](Cc1ccccc1)N(Cc1ccccc1C)C(=O)CN(c1ccc(Cl)c(C(F)(F)F)c1)S(=O)(=O)c1ccc(C)cc1. The third-order valence-electron chi connectivity index (χ3n) is 7.55. The number of alkyl halides is 3. The second-order valence-electron chi connectivity index (χ2n) is 10.8. The van der Waals surface area contributed by atoms with Gasteiger partial charge < -0.3 is 10.2 Å². The molecule has 0 aromatic heterocycles. The fourth-order valence-corrected chi connectivity index (χ4v) is 6.57. The molecule has 1 atom stereocenters. The highest BCUT2D eigenvalue weighted by Gasteiger charge is 2.37. The molecule has 7 nitrogen and oxygen atoms in total. The van der Waals surface area contributed by atoms with E-state index >= 15 is 0 Å². The molecule has 0 aliphatic carbocycles. The smallest absolute Gasteiger partial charge is 0.357 e. The molecule has 1 N–H and O–H groups in total. The first kappa shape index (κ1) is 34.5. The van der Waals surface area contributed by atoms with Crippen LogP contribution in [0.15, 0.2) is 102 Å². The molecule has 0 aliphatic heterocycles. The van der Waals surface area contributed by atoms with Gasteiger partial charge in [0.1, 0.15) is 12.6 Å². The van der Waals surface area contributed by atoms with Crippen LogP contribution in [0, 0.1) is 13.8 Å². The summed E-state index contributed by atoms with van der Waals surface area (Å²) in [6, 6.07) is 23.5. The summed E-state index contributed by atoms with van der Waals surface area (Å²) in [6.07, 6.45) is -4.80. The van der Waals surface area contributed by atoms with Gasteiger partial charge in [0, 0.05) is 20.0 Å². The van der Waals surface area contributed by atoms with Crippen molar-refractivity contribution >= 4 is 39.1 Å². The summed E-state index contributed by atoms with van der Waals surface area (Å²) < 4.78 is 70.5. The van der Waals surface area contributed by atoms with Gasteiger partial charge in [-0.1, -0.05) is 83.9 Å². The topological polar surface area (TPSA) is 86.8 Å². The maximum Gasteiger partial charge on any atom is 0.417 e. The van der Waals surface area contributed by atoms with Gasteiger partial charge in [-0.3, -0.25) is 13.9 Å². The molecule has 4 rings (SSSR count). The molecule has 0 saturated heterocycles. The number of likely N-dealkylation sites (N-methyl/N-ethyl adjacent to an activating group) is 1. The van der Waals surface area contributed by atoms with Crippen molar-refractivity contribution < 1.29 is 31.2 Å². The molecular formula is C34H33ClF3N3O4S. The standard InChI is InChI=1S/C34H33ClF3N3O4S/c1-23-13-16-28(17-14-23)46(44,45)41(27-15-18-30(35)29(20-27)34(36,37)38)22-32(42)40(21-26-12-8-7-9-24(26)2)31(33(43)39-3)19-25-10-5-4-6-11-25/h4-18,20,31H,19,21-22H2,1-3H3,(H,39,43)/t31-/m1/s1. The summed E-state index contributed by atoms with van der Waals surface area (Å²) in [5.41, 5.74) is 1.36. The van der Waals surface area contributed by atoms with Crippen molar-refractivity contribution in [3.63, 3.8) is 0 Å². The van der Waals surface area contributed by atoms with Crippen LogP contribution in [0.3, 0.4) is 0 Å². The van der Waals surface area contributed by atoms with Crippen molar-refractivity contribution in [1.82, 2.24) is 10.2 Å². The summed E-state index contributed by atoms with van der Waals surface area (Å²) in [7, 11) is -3.16. The highest BCUT2D eigenvalue weighted by atomic mass is 35.5. The van der Waals surface area contributed by atoms with Crippen molar-refractivity contribution in [2.24, 2.45) is 0 Å². The van der Waals surface area contributed by atoms with Gasteiger partial charge in [-0.15, -0.1) is 0 Å². The number of anilines is 1. The number of carbonyl (C=O) groups is 2. The van der Waals surface area contributed by atoms with Crippen molar-refractivity contribution in [1.29, 1.82) is 0 Å². The molecule has 2 amide bonds. The Morgan fingerprint density at radius 2 is 1.52 bits per heavy atom. The van der Waals surface area contributed by atoms with Crippen LogP contribution in [-0.4, -0.2) is 44.8 Å².